The summed E-state index contributed by atoms with van der Waals surface area (Å²) in [5.41, 5.74) is -1.33. The molecule has 0 radical (unpaired) electrons. The van der Waals surface area contributed by atoms with E-state index in [1.165, 1.54) is 9.80 Å². The van der Waals surface area contributed by atoms with E-state index in [1.807, 2.05) is 20.8 Å². The van der Waals surface area contributed by atoms with Gasteiger partial charge in [0.2, 0.25) is 0 Å². The summed E-state index contributed by atoms with van der Waals surface area (Å²) in [5, 5.41) is 0. The number of carbonyl (C=O) groups is 3. The van der Waals surface area contributed by atoms with Crippen molar-refractivity contribution in [2.24, 2.45) is 0 Å². The van der Waals surface area contributed by atoms with E-state index in [-0.39, 0.29) is 24.1 Å². The van der Waals surface area contributed by atoms with E-state index in [2.05, 4.69) is 0 Å². The lowest BCUT2D eigenvalue weighted by molar-refractivity contribution is -0.133. The van der Waals surface area contributed by atoms with Crippen LogP contribution in [0.5, 0.6) is 0 Å². The van der Waals surface area contributed by atoms with E-state index in [9.17, 15) is 14.4 Å². The summed E-state index contributed by atoms with van der Waals surface area (Å²) in [5.74, 6) is -0.166. The molecule has 0 atom stereocenters. The highest BCUT2D eigenvalue weighted by Crippen LogP contribution is 2.30. The predicted molar refractivity (Wildman–Crippen MR) is 84.9 cm³/mol. The lowest BCUT2D eigenvalue weighted by atomic mass is 10.0. The van der Waals surface area contributed by atoms with Gasteiger partial charge in [-0.2, -0.15) is 0 Å². The Morgan fingerprint density at radius 1 is 1.17 bits per heavy atom. The van der Waals surface area contributed by atoms with Crippen LogP contribution >= 0.6 is 0 Å². The van der Waals surface area contributed by atoms with Crippen molar-refractivity contribution in [3.63, 3.8) is 0 Å². The Morgan fingerprint density at radius 3 is 2.09 bits per heavy atom. The second-order valence-electron chi connectivity index (χ2n) is 7.77. The Kier molecular flexibility index (Phi) is 4.34. The summed E-state index contributed by atoms with van der Waals surface area (Å²) in [6.45, 7) is 9.97. The maximum absolute atomic E-state index is 12.5. The van der Waals surface area contributed by atoms with E-state index in [0.29, 0.717) is 25.9 Å². The minimum atomic E-state index is -0.806. The first-order valence-corrected chi connectivity index (χ1v) is 8.04. The summed E-state index contributed by atoms with van der Waals surface area (Å²) in [6, 6.07) is -0.409. The van der Waals surface area contributed by atoms with Crippen molar-refractivity contribution in [2.75, 3.05) is 20.1 Å². The molecular weight excluding hydrogens is 298 g/mol. The van der Waals surface area contributed by atoms with E-state index >= 15 is 0 Å². The number of ether oxygens (including phenoxy) is 1. The number of likely N-dealkylation sites (N-methyl/N-ethyl adjacent to an activating group) is 1. The number of rotatable bonds is 1. The predicted octanol–water partition coefficient (Wildman–Crippen LogP) is 2.06. The fourth-order valence-electron chi connectivity index (χ4n) is 2.88. The molecule has 0 saturated carbocycles. The molecule has 0 aromatic rings. The Hall–Kier alpha value is -1.79. The average molecular weight is 325 g/mol. The van der Waals surface area contributed by atoms with Crippen LogP contribution in [0.2, 0.25) is 0 Å². The van der Waals surface area contributed by atoms with Crippen LogP contribution < -0.4 is 0 Å². The molecule has 0 N–H and O–H groups in total. The molecule has 0 spiro atoms. The molecule has 4 amide bonds. The number of hydrogen-bond donors (Lipinski definition) is 0. The van der Waals surface area contributed by atoms with E-state index < -0.39 is 11.1 Å². The van der Waals surface area contributed by atoms with Crippen molar-refractivity contribution in [3.05, 3.63) is 0 Å². The molecule has 0 unspecified atom stereocenters. The molecular formula is C16H27N3O4. The van der Waals surface area contributed by atoms with Crippen LogP contribution in [0.15, 0.2) is 0 Å². The summed E-state index contributed by atoms with van der Waals surface area (Å²) < 4.78 is 5.36. The first-order valence-electron chi connectivity index (χ1n) is 8.04. The molecule has 0 aromatic carbocycles. The van der Waals surface area contributed by atoms with Gasteiger partial charge in [-0.3, -0.25) is 9.69 Å². The summed E-state index contributed by atoms with van der Waals surface area (Å²) in [4.78, 5) is 41.4. The first-order chi connectivity index (χ1) is 10.4. The number of likely N-dealkylation sites (tertiary alicyclic amines) is 1. The molecule has 130 valence electrons. The third-order valence-electron chi connectivity index (χ3n) is 4.56. The fraction of sp³-hybridized carbons (Fsp3) is 0.812. The van der Waals surface area contributed by atoms with Crippen LogP contribution in [0.4, 0.5) is 9.59 Å². The molecule has 2 aliphatic heterocycles. The highest BCUT2D eigenvalue weighted by molar-refractivity contribution is 6.06. The SMILES string of the molecule is CN1C(=O)N(C2CCN(C(=O)OC(C)(C)C)CC2)C(=O)C1(C)C. The van der Waals surface area contributed by atoms with Gasteiger partial charge in [0.15, 0.2) is 0 Å². The molecule has 7 nitrogen and oxygen atoms in total. The Bertz CT molecular complexity index is 516. The van der Waals surface area contributed by atoms with Crippen molar-refractivity contribution in [1.29, 1.82) is 0 Å². The third kappa shape index (κ3) is 3.28. The van der Waals surface area contributed by atoms with E-state index in [4.69, 9.17) is 4.74 Å². The fourth-order valence-corrected chi connectivity index (χ4v) is 2.88. The standard InChI is InChI=1S/C16H27N3O4/c1-15(2,3)23-14(22)18-9-7-11(8-10-18)19-12(20)16(4,5)17(6)13(19)21/h11H,7-10H2,1-6H3. The number of piperidine rings is 1. The van der Waals surface area contributed by atoms with Crippen LogP contribution in [0.1, 0.15) is 47.5 Å². The second-order valence-corrected chi connectivity index (χ2v) is 7.77. The van der Waals surface area contributed by atoms with Crippen LogP contribution in [0.3, 0.4) is 0 Å². The van der Waals surface area contributed by atoms with Crippen molar-refractivity contribution in [1.82, 2.24) is 14.7 Å². The number of nitrogens with zero attached hydrogens (tertiary/aromatic N) is 3. The summed E-state index contributed by atoms with van der Waals surface area (Å²) in [6.07, 6.45) is 0.828. The summed E-state index contributed by atoms with van der Waals surface area (Å²) in [7, 11) is 1.65. The van der Waals surface area contributed by atoms with Crippen molar-refractivity contribution in [3.8, 4) is 0 Å². The Labute approximate surface area is 137 Å². The molecule has 0 aromatic heterocycles. The topological polar surface area (TPSA) is 70.2 Å². The maximum Gasteiger partial charge on any atom is 0.410 e. The lowest BCUT2D eigenvalue weighted by Gasteiger charge is -2.36. The van der Waals surface area contributed by atoms with Gasteiger partial charge in [0, 0.05) is 26.2 Å². The van der Waals surface area contributed by atoms with Crippen LogP contribution in [0.25, 0.3) is 0 Å². The number of imide groups is 1. The highest BCUT2D eigenvalue weighted by atomic mass is 16.6. The minimum Gasteiger partial charge on any atom is -0.444 e. The van der Waals surface area contributed by atoms with Gasteiger partial charge in [0.05, 0.1) is 0 Å². The lowest BCUT2D eigenvalue weighted by Crippen LogP contribution is -2.50. The Morgan fingerprint density at radius 2 is 1.70 bits per heavy atom. The van der Waals surface area contributed by atoms with Crippen molar-refractivity contribution < 1.29 is 19.1 Å². The zero-order valence-electron chi connectivity index (χ0n) is 14.9. The van der Waals surface area contributed by atoms with Gasteiger partial charge >= 0.3 is 12.1 Å². The molecule has 2 heterocycles. The smallest absolute Gasteiger partial charge is 0.410 e. The molecule has 2 fully saturated rings. The van der Waals surface area contributed by atoms with Gasteiger partial charge in [-0.25, -0.2) is 9.59 Å². The van der Waals surface area contributed by atoms with Crippen LogP contribution in [-0.4, -0.2) is 70.1 Å². The van der Waals surface area contributed by atoms with Gasteiger partial charge in [-0.1, -0.05) is 0 Å². The molecule has 2 aliphatic rings. The van der Waals surface area contributed by atoms with E-state index in [1.54, 1.807) is 25.8 Å². The monoisotopic (exact) mass is 325 g/mol. The molecule has 0 bridgehead atoms. The van der Waals surface area contributed by atoms with Crippen molar-refractivity contribution >= 4 is 18.0 Å². The molecule has 2 saturated heterocycles. The molecule has 7 heteroatoms. The largest absolute Gasteiger partial charge is 0.444 e. The van der Waals surface area contributed by atoms with Gasteiger partial charge < -0.3 is 14.5 Å². The van der Waals surface area contributed by atoms with Gasteiger partial charge in [-0.05, 0) is 47.5 Å². The van der Waals surface area contributed by atoms with Gasteiger partial charge in [0.1, 0.15) is 11.1 Å². The van der Waals surface area contributed by atoms with Gasteiger partial charge in [-0.15, -0.1) is 0 Å². The first kappa shape index (κ1) is 17.6. The number of urea groups is 1. The normalized spacial score (nSPS) is 22.8. The number of amides is 4. The Balaban J connectivity index is 1.99. The third-order valence-corrected chi connectivity index (χ3v) is 4.56. The number of hydrogen-bond acceptors (Lipinski definition) is 4. The summed E-state index contributed by atoms with van der Waals surface area (Å²) >= 11 is 0. The number of carbonyl (C=O) groups excluding carboxylic acids is 3. The van der Waals surface area contributed by atoms with E-state index in [0.717, 1.165) is 0 Å². The van der Waals surface area contributed by atoms with Crippen LogP contribution in [-0.2, 0) is 9.53 Å². The molecule has 2 rings (SSSR count). The van der Waals surface area contributed by atoms with Crippen LogP contribution in [0, 0.1) is 0 Å². The maximum atomic E-state index is 12.5. The second kappa shape index (κ2) is 5.69. The quantitative estimate of drug-likeness (QED) is 0.692. The zero-order valence-corrected chi connectivity index (χ0v) is 14.9. The molecule has 0 aliphatic carbocycles. The van der Waals surface area contributed by atoms with Gasteiger partial charge in [0.25, 0.3) is 5.91 Å². The molecule has 23 heavy (non-hydrogen) atoms. The highest BCUT2D eigenvalue weighted by Gasteiger charge is 2.52. The van der Waals surface area contributed by atoms with Crippen molar-refractivity contribution in [2.45, 2.75) is 64.6 Å². The average Bonchev–Trinajstić information content (AvgIpc) is 2.58. The minimum absolute atomic E-state index is 0.155. The zero-order chi connectivity index (χ0) is 17.6.